The number of nitrogens with zero attached hydrogens (tertiary/aromatic N) is 3. The minimum atomic E-state index is -0.560. The summed E-state index contributed by atoms with van der Waals surface area (Å²) in [5, 5.41) is 4.51. The van der Waals surface area contributed by atoms with E-state index >= 15 is 0 Å². The monoisotopic (exact) mass is 380 g/mol. The number of hydrogen-bond acceptors (Lipinski definition) is 4. The summed E-state index contributed by atoms with van der Waals surface area (Å²) in [7, 11) is 0. The van der Waals surface area contributed by atoms with Crippen molar-refractivity contribution in [3.63, 3.8) is 0 Å². The average molecular weight is 380 g/mol. The molecular formula is C21H24N4O3. The van der Waals surface area contributed by atoms with Gasteiger partial charge < -0.3 is 14.6 Å². The van der Waals surface area contributed by atoms with E-state index in [-0.39, 0.29) is 11.7 Å². The van der Waals surface area contributed by atoms with Crippen LogP contribution in [0.2, 0.25) is 0 Å². The van der Waals surface area contributed by atoms with Gasteiger partial charge in [-0.15, -0.1) is 0 Å². The average Bonchev–Trinajstić information content (AvgIpc) is 3.04. The second-order valence-electron chi connectivity index (χ2n) is 8.12. The lowest BCUT2D eigenvalue weighted by molar-refractivity contribution is 0.0219. The van der Waals surface area contributed by atoms with Crippen LogP contribution >= 0.6 is 0 Å². The largest absolute Gasteiger partial charge is 0.444 e. The first-order chi connectivity index (χ1) is 13.3. The van der Waals surface area contributed by atoms with Crippen molar-refractivity contribution in [2.24, 2.45) is 0 Å². The molecule has 1 aliphatic rings. The Bertz CT molecular complexity index is 1080. The number of ether oxygens (including phenoxy) is 1. The molecule has 0 fully saturated rings. The summed E-state index contributed by atoms with van der Waals surface area (Å²) < 4.78 is 7.25. The van der Waals surface area contributed by atoms with E-state index in [1.54, 1.807) is 15.6 Å². The lowest BCUT2D eigenvalue weighted by Gasteiger charge is -2.30. The fourth-order valence-corrected chi connectivity index (χ4v) is 3.52. The molecule has 0 spiro atoms. The maximum atomic E-state index is 12.7. The lowest BCUT2D eigenvalue weighted by atomic mass is 10.1. The number of aromatic amines is 1. The summed E-state index contributed by atoms with van der Waals surface area (Å²) in [6, 6.07) is 10.0. The Morgan fingerprint density at radius 2 is 2.00 bits per heavy atom. The number of carbonyl (C=O) groups excluding carboxylic acids is 1. The van der Waals surface area contributed by atoms with Gasteiger partial charge in [0.15, 0.2) is 0 Å². The Labute approximate surface area is 162 Å². The van der Waals surface area contributed by atoms with Gasteiger partial charge in [-0.25, -0.2) is 9.31 Å². The standard InChI is InChI=1S/C21H24N4O3/c1-21(2,3)28-20(27)24-10-9-16-17(13-24)25-18(23-19(16)26)15(12-22-25)11-14-7-5-4-6-8-14/h4-8,12H,9-11,13H2,1-3H3,(H,23,26). The van der Waals surface area contributed by atoms with Crippen LogP contribution in [-0.2, 0) is 24.1 Å². The number of H-pyrrole nitrogens is 1. The molecule has 0 aliphatic carbocycles. The highest BCUT2D eigenvalue weighted by molar-refractivity contribution is 5.68. The van der Waals surface area contributed by atoms with Gasteiger partial charge in [-0.05, 0) is 32.8 Å². The van der Waals surface area contributed by atoms with Gasteiger partial charge in [0.05, 0.1) is 18.4 Å². The summed E-state index contributed by atoms with van der Waals surface area (Å²) in [6.45, 7) is 6.28. The van der Waals surface area contributed by atoms with Gasteiger partial charge >= 0.3 is 6.09 Å². The maximum absolute atomic E-state index is 12.7. The van der Waals surface area contributed by atoms with Crippen molar-refractivity contribution in [1.82, 2.24) is 19.5 Å². The number of hydrogen-bond donors (Lipinski definition) is 1. The number of benzene rings is 1. The van der Waals surface area contributed by atoms with Crippen LogP contribution in [0.3, 0.4) is 0 Å². The molecule has 28 heavy (non-hydrogen) atoms. The first kappa shape index (κ1) is 18.3. The van der Waals surface area contributed by atoms with Crippen LogP contribution in [0.4, 0.5) is 4.79 Å². The zero-order valence-corrected chi connectivity index (χ0v) is 16.4. The molecule has 1 aromatic carbocycles. The molecule has 1 amide bonds. The smallest absolute Gasteiger partial charge is 0.410 e. The van der Waals surface area contributed by atoms with E-state index in [0.29, 0.717) is 37.1 Å². The van der Waals surface area contributed by atoms with E-state index < -0.39 is 5.60 Å². The number of fused-ring (bicyclic) bond motifs is 3. The first-order valence-electron chi connectivity index (χ1n) is 9.44. The molecule has 0 saturated carbocycles. The number of nitrogens with one attached hydrogen (secondary N) is 1. The van der Waals surface area contributed by atoms with Crippen LogP contribution < -0.4 is 5.56 Å². The SMILES string of the molecule is CC(C)(C)OC(=O)N1CCc2c(n3ncc(Cc4ccccc4)c3[nH]c2=O)C1. The van der Waals surface area contributed by atoms with Crippen LogP contribution in [0.25, 0.3) is 5.65 Å². The van der Waals surface area contributed by atoms with Gasteiger partial charge in [0.2, 0.25) is 0 Å². The zero-order valence-electron chi connectivity index (χ0n) is 16.4. The van der Waals surface area contributed by atoms with E-state index in [0.717, 1.165) is 16.8 Å². The molecule has 1 N–H and O–H groups in total. The van der Waals surface area contributed by atoms with Gasteiger partial charge in [0.25, 0.3) is 5.56 Å². The Morgan fingerprint density at radius 1 is 1.25 bits per heavy atom. The van der Waals surface area contributed by atoms with Crippen LogP contribution in [0.15, 0.2) is 41.3 Å². The molecule has 146 valence electrons. The molecule has 0 unspecified atom stereocenters. The van der Waals surface area contributed by atoms with Crippen molar-refractivity contribution in [1.29, 1.82) is 0 Å². The summed E-state index contributed by atoms with van der Waals surface area (Å²) in [6.07, 6.45) is 2.57. The van der Waals surface area contributed by atoms with Crippen LogP contribution in [-0.4, -0.2) is 37.7 Å². The van der Waals surface area contributed by atoms with E-state index in [9.17, 15) is 9.59 Å². The molecule has 0 atom stereocenters. The maximum Gasteiger partial charge on any atom is 0.410 e. The highest BCUT2D eigenvalue weighted by Crippen LogP contribution is 2.21. The minimum Gasteiger partial charge on any atom is -0.444 e. The molecule has 0 radical (unpaired) electrons. The second-order valence-corrected chi connectivity index (χ2v) is 8.12. The molecule has 7 heteroatoms. The van der Waals surface area contributed by atoms with Crippen molar-refractivity contribution in [2.45, 2.75) is 45.8 Å². The van der Waals surface area contributed by atoms with Crippen LogP contribution in [0.1, 0.15) is 43.2 Å². The number of amides is 1. The zero-order chi connectivity index (χ0) is 19.9. The number of aromatic nitrogens is 3. The van der Waals surface area contributed by atoms with E-state index in [4.69, 9.17) is 4.74 Å². The van der Waals surface area contributed by atoms with E-state index in [1.165, 1.54) is 0 Å². The Kier molecular flexibility index (Phi) is 4.45. The molecule has 7 nitrogen and oxygen atoms in total. The molecule has 3 heterocycles. The highest BCUT2D eigenvalue weighted by Gasteiger charge is 2.29. The van der Waals surface area contributed by atoms with Crippen molar-refractivity contribution < 1.29 is 9.53 Å². The molecule has 2 aromatic heterocycles. The molecule has 1 aliphatic heterocycles. The summed E-state index contributed by atoms with van der Waals surface area (Å²) in [4.78, 5) is 29.7. The van der Waals surface area contributed by atoms with Gasteiger partial charge in [-0.2, -0.15) is 5.10 Å². The third-order valence-corrected chi connectivity index (χ3v) is 4.82. The Morgan fingerprint density at radius 3 is 2.71 bits per heavy atom. The highest BCUT2D eigenvalue weighted by atomic mass is 16.6. The van der Waals surface area contributed by atoms with Crippen LogP contribution in [0.5, 0.6) is 0 Å². The molecule has 0 bridgehead atoms. The topological polar surface area (TPSA) is 79.7 Å². The van der Waals surface area contributed by atoms with Crippen LogP contribution in [0, 0.1) is 0 Å². The summed E-state index contributed by atoms with van der Waals surface area (Å²) >= 11 is 0. The summed E-state index contributed by atoms with van der Waals surface area (Å²) in [5.41, 5.74) is 3.53. The molecule has 3 aromatic rings. The number of rotatable bonds is 2. The lowest BCUT2D eigenvalue weighted by Crippen LogP contribution is -2.42. The van der Waals surface area contributed by atoms with Gasteiger partial charge in [0.1, 0.15) is 11.2 Å². The third kappa shape index (κ3) is 3.52. The number of carbonyl (C=O) groups is 1. The second kappa shape index (κ2) is 6.82. The quantitative estimate of drug-likeness (QED) is 0.741. The van der Waals surface area contributed by atoms with Crippen molar-refractivity contribution >= 4 is 11.7 Å². The third-order valence-electron chi connectivity index (χ3n) is 4.82. The van der Waals surface area contributed by atoms with Gasteiger partial charge in [0, 0.05) is 24.1 Å². The minimum absolute atomic E-state index is 0.110. The fourth-order valence-electron chi connectivity index (χ4n) is 3.52. The van der Waals surface area contributed by atoms with E-state index in [1.807, 2.05) is 51.1 Å². The van der Waals surface area contributed by atoms with Gasteiger partial charge in [-0.3, -0.25) is 4.79 Å². The summed E-state index contributed by atoms with van der Waals surface area (Å²) in [5.74, 6) is 0. The molecule has 0 saturated heterocycles. The van der Waals surface area contributed by atoms with Crippen molar-refractivity contribution in [3.05, 3.63) is 69.3 Å². The Balaban J connectivity index is 1.69. The predicted molar refractivity (Wildman–Crippen MR) is 105 cm³/mol. The van der Waals surface area contributed by atoms with Gasteiger partial charge in [-0.1, -0.05) is 30.3 Å². The molecule has 4 rings (SSSR count). The van der Waals surface area contributed by atoms with Crippen molar-refractivity contribution in [3.8, 4) is 0 Å². The predicted octanol–water partition coefficient (Wildman–Crippen LogP) is 2.91. The fraction of sp³-hybridized carbons (Fsp3) is 0.381. The normalized spacial score (nSPS) is 14.2. The first-order valence-corrected chi connectivity index (χ1v) is 9.44. The Hall–Kier alpha value is -3.09. The van der Waals surface area contributed by atoms with E-state index in [2.05, 4.69) is 10.1 Å². The van der Waals surface area contributed by atoms with Crippen molar-refractivity contribution in [2.75, 3.05) is 6.54 Å². The molecular weight excluding hydrogens is 356 g/mol.